The summed E-state index contributed by atoms with van der Waals surface area (Å²) >= 11 is 0. The molecular weight excluding hydrogens is 408 g/mol. The van der Waals surface area contributed by atoms with Crippen LogP contribution in [0.5, 0.6) is 11.5 Å². The molecule has 1 aliphatic heterocycles. The predicted octanol–water partition coefficient (Wildman–Crippen LogP) is 2.33. The van der Waals surface area contributed by atoms with Crippen LogP contribution in [0, 0.1) is 0 Å². The fraction of sp³-hybridized carbons (Fsp3) is 0.391. The Bertz CT molecular complexity index is 1070. The van der Waals surface area contributed by atoms with Crippen molar-refractivity contribution in [3.8, 4) is 11.5 Å². The number of aromatic nitrogens is 4. The van der Waals surface area contributed by atoms with E-state index in [4.69, 9.17) is 4.74 Å². The lowest BCUT2D eigenvalue weighted by atomic mass is 10.2. The van der Waals surface area contributed by atoms with E-state index in [1.165, 1.54) is 0 Å². The molecule has 0 fully saturated rings. The highest BCUT2D eigenvalue weighted by Gasteiger charge is 2.23. The van der Waals surface area contributed by atoms with Gasteiger partial charge in [-0.15, -0.1) is 10.2 Å². The van der Waals surface area contributed by atoms with E-state index < -0.39 is 0 Å². The Morgan fingerprint density at radius 3 is 2.91 bits per heavy atom. The number of phenols is 1. The predicted molar refractivity (Wildman–Crippen MR) is 118 cm³/mol. The van der Waals surface area contributed by atoms with E-state index in [0.29, 0.717) is 17.9 Å². The van der Waals surface area contributed by atoms with E-state index in [0.717, 1.165) is 49.8 Å². The summed E-state index contributed by atoms with van der Waals surface area (Å²) in [5, 5.41) is 21.7. The van der Waals surface area contributed by atoms with Crippen molar-refractivity contribution in [1.82, 2.24) is 30.0 Å². The number of amides is 1. The van der Waals surface area contributed by atoms with Crippen molar-refractivity contribution in [1.29, 1.82) is 0 Å². The first kappa shape index (κ1) is 21.8. The van der Waals surface area contributed by atoms with Crippen LogP contribution < -0.4 is 10.1 Å². The van der Waals surface area contributed by atoms with Crippen molar-refractivity contribution in [2.75, 3.05) is 19.7 Å². The number of carbonyl (C=O) groups excluding carboxylic acids is 1. The molecule has 9 heteroatoms. The van der Waals surface area contributed by atoms with Crippen LogP contribution in [0.3, 0.4) is 0 Å². The average Bonchev–Trinajstić information content (AvgIpc) is 3.11. The van der Waals surface area contributed by atoms with Crippen LogP contribution in [-0.4, -0.2) is 55.4 Å². The summed E-state index contributed by atoms with van der Waals surface area (Å²) in [7, 11) is 0. The van der Waals surface area contributed by atoms with Gasteiger partial charge in [-0.3, -0.25) is 14.7 Å². The molecule has 2 aromatic heterocycles. The normalized spacial score (nSPS) is 14.9. The second-order valence-corrected chi connectivity index (χ2v) is 7.82. The Labute approximate surface area is 187 Å². The number of nitrogens with one attached hydrogen (secondary N) is 1. The van der Waals surface area contributed by atoms with Crippen LogP contribution in [0.1, 0.15) is 47.5 Å². The molecule has 168 valence electrons. The number of pyridine rings is 1. The summed E-state index contributed by atoms with van der Waals surface area (Å²) in [4.78, 5) is 18.8. The number of carbonyl (C=O) groups is 1. The quantitative estimate of drug-likeness (QED) is 0.586. The SMILES string of the molecule is CCOc1cc(CN2CCc3nnc(C(C)NC(=O)c4cccnc4)n3CC2)ccc1O. The zero-order valence-corrected chi connectivity index (χ0v) is 18.4. The Balaban J connectivity index is 1.41. The topological polar surface area (TPSA) is 105 Å². The van der Waals surface area contributed by atoms with Gasteiger partial charge in [0.05, 0.1) is 18.2 Å². The molecule has 1 aliphatic rings. The van der Waals surface area contributed by atoms with Crippen LogP contribution in [-0.2, 0) is 19.5 Å². The van der Waals surface area contributed by atoms with Gasteiger partial charge in [-0.2, -0.15) is 0 Å². The fourth-order valence-electron chi connectivity index (χ4n) is 3.90. The monoisotopic (exact) mass is 436 g/mol. The highest BCUT2D eigenvalue weighted by atomic mass is 16.5. The van der Waals surface area contributed by atoms with E-state index >= 15 is 0 Å². The molecule has 0 spiro atoms. The number of hydrogen-bond acceptors (Lipinski definition) is 7. The van der Waals surface area contributed by atoms with Gasteiger partial charge in [0, 0.05) is 45.0 Å². The standard InChI is InChI=1S/C23H28N6O3/c1-3-32-20-13-17(6-7-19(20)30)15-28-10-8-21-26-27-22(29(21)12-11-28)16(2)25-23(31)18-5-4-9-24-14-18/h4-7,9,13-14,16,30H,3,8,10-12,15H2,1-2H3,(H,25,31). The van der Waals surface area contributed by atoms with E-state index in [9.17, 15) is 9.90 Å². The Morgan fingerprint density at radius 1 is 1.25 bits per heavy atom. The van der Waals surface area contributed by atoms with Gasteiger partial charge >= 0.3 is 0 Å². The highest BCUT2D eigenvalue weighted by molar-refractivity contribution is 5.94. The maximum atomic E-state index is 12.5. The van der Waals surface area contributed by atoms with Crippen LogP contribution >= 0.6 is 0 Å². The van der Waals surface area contributed by atoms with Crippen molar-refractivity contribution in [3.63, 3.8) is 0 Å². The molecule has 1 atom stereocenters. The number of phenolic OH excluding ortho intramolecular Hbond substituents is 1. The molecule has 1 aromatic carbocycles. The molecule has 1 unspecified atom stereocenters. The minimum absolute atomic E-state index is 0.157. The molecule has 0 saturated carbocycles. The molecule has 3 heterocycles. The minimum atomic E-state index is -0.277. The third-order valence-electron chi connectivity index (χ3n) is 5.54. The van der Waals surface area contributed by atoms with Crippen LogP contribution in [0.25, 0.3) is 0 Å². The van der Waals surface area contributed by atoms with Crippen molar-refractivity contribution in [2.24, 2.45) is 0 Å². The second-order valence-electron chi connectivity index (χ2n) is 7.82. The van der Waals surface area contributed by atoms with E-state index in [2.05, 4.69) is 30.0 Å². The molecular formula is C23H28N6O3. The van der Waals surface area contributed by atoms with Crippen molar-refractivity contribution < 1.29 is 14.6 Å². The van der Waals surface area contributed by atoms with Crippen molar-refractivity contribution >= 4 is 5.91 Å². The smallest absolute Gasteiger partial charge is 0.253 e. The lowest BCUT2D eigenvalue weighted by Gasteiger charge is -2.20. The number of rotatable bonds is 7. The van der Waals surface area contributed by atoms with Crippen LogP contribution in [0.2, 0.25) is 0 Å². The van der Waals surface area contributed by atoms with Gasteiger partial charge in [-0.25, -0.2) is 0 Å². The first-order valence-corrected chi connectivity index (χ1v) is 10.8. The molecule has 3 aromatic rings. The number of hydrogen-bond donors (Lipinski definition) is 2. The molecule has 0 saturated heterocycles. The third-order valence-corrected chi connectivity index (χ3v) is 5.54. The van der Waals surface area contributed by atoms with Gasteiger partial charge in [0.1, 0.15) is 5.82 Å². The van der Waals surface area contributed by atoms with E-state index in [1.54, 1.807) is 30.6 Å². The van der Waals surface area contributed by atoms with Gasteiger partial charge in [0.15, 0.2) is 17.3 Å². The Kier molecular flexibility index (Phi) is 6.65. The van der Waals surface area contributed by atoms with E-state index in [-0.39, 0.29) is 17.7 Å². The van der Waals surface area contributed by atoms with Gasteiger partial charge in [0.25, 0.3) is 5.91 Å². The molecule has 2 N–H and O–H groups in total. The van der Waals surface area contributed by atoms with Crippen LogP contribution in [0.15, 0.2) is 42.7 Å². The summed E-state index contributed by atoms with van der Waals surface area (Å²) in [5.74, 6) is 2.16. The average molecular weight is 437 g/mol. The molecule has 32 heavy (non-hydrogen) atoms. The van der Waals surface area contributed by atoms with Crippen molar-refractivity contribution in [3.05, 3.63) is 65.5 Å². The van der Waals surface area contributed by atoms with Gasteiger partial charge in [0.2, 0.25) is 0 Å². The molecule has 9 nitrogen and oxygen atoms in total. The van der Waals surface area contributed by atoms with Crippen molar-refractivity contribution in [2.45, 2.75) is 39.4 Å². The van der Waals surface area contributed by atoms with E-state index in [1.807, 2.05) is 26.0 Å². The number of nitrogens with zero attached hydrogens (tertiary/aromatic N) is 5. The molecule has 1 amide bonds. The van der Waals surface area contributed by atoms with Crippen LogP contribution in [0.4, 0.5) is 0 Å². The number of benzene rings is 1. The lowest BCUT2D eigenvalue weighted by Crippen LogP contribution is -2.30. The van der Waals surface area contributed by atoms with Gasteiger partial charge in [-0.1, -0.05) is 6.07 Å². The fourth-order valence-corrected chi connectivity index (χ4v) is 3.90. The Morgan fingerprint density at radius 2 is 2.12 bits per heavy atom. The third kappa shape index (κ3) is 4.88. The molecule has 0 aliphatic carbocycles. The summed E-state index contributed by atoms with van der Waals surface area (Å²) in [6.07, 6.45) is 3.96. The minimum Gasteiger partial charge on any atom is -0.504 e. The largest absolute Gasteiger partial charge is 0.504 e. The molecule has 4 rings (SSSR count). The summed E-state index contributed by atoms with van der Waals surface area (Å²) in [6.45, 7) is 7.48. The molecule has 0 bridgehead atoms. The first-order valence-electron chi connectivity index (χ1n) is 10.8. The molecule has 0 radical (unpaired) electrons. The number of fused-ring (bicyclic) bond motifs is 1. The zero-order valence-electron chi connectivity index (χ0n) is 18.4. The summed E-state index contributed by atoms with van der Waals surface area (Å²) < 4.78 is 7.61. The Hall–Kier alpha value is -3.46. The maximum absolute atomic E-state index is 12.5. The zero-order chi connectivity index (χ0) is 22.5. The van der Waals surface area contributed by atoms with Gasteiger partial charge in [-0.05, 0) is 43.7 Å². The maximum Gasteiger partial charge on any atom is 0.253 e. The number of aromatic hydroxyl groups is 1. The summed E-state index contributed by atoms with van der Waals surface area (Å²) in [6, 6.07) is 8.69. The first-order chi connectivity index (χ1) is 15.5. The summed E-state index contributed by atoms with van der Waals surface area (Å²) in [5.41, 5.74) is 1.60. The van der Waals surface area contributed by atoms with Gasteiger partial charge < -0.3 is 19.7 Å². The number of ether oxygens (including phenoxy) is 1. The highest BCUT2D eigenvalue weighted by Crippen LogP contribution is 2.27. The second kappa shape index (κ2) is 9.78. The lowest BCUT2D eigenvalue weighted by molar-refractivity contribution is 0.0937.